The fraction of sp³-hybridized carbons (Fsp3) is 0.133. The Bertz CT molecular complexity index is 529. The number of hydrogen-bond donors (Lipinski definition) is 2. The maximum Gasteiger partial charge on any atom is 0.176 e. The summed E-state index contributed by atoms with van der Waals surface area (Å²) in [5.74, 6) is 0.328. The van der Waals surface area contributed by atoms with Crippen LogP contribution in [0.4, 0.5) is 0 Å². The van der Waals surface area contributed by atoms with E-state index in [0.29, 0.717) is 12.1 Å². The maximum absolute atomic E-state index is 11.6. The Morgan fingerprint density at radius 3 is 2.00 bits per heavy atom. The normalized spacial score (nSPS) is 10.3. The molecule has 0 heterocycles. The molecule has 0 aliphatic heterocycles. The van der Waals surface area contributed by atoms with E-state index in [0.717, 1.165) is 11.1 Å². The monoisotopic (exact) mass is 241 g/mol. The van der Waals surface area contributed by atoms with Gasteiger partial charge in [-0.05, 0) is 30.3 Å². The molecule has 0 unspecified atom stereocenters. The Balaban J connectivity index is 2.22. The van der Waals surface area contributed by atoms with Crippen molar-refractivity contribution < 1.29 is 9.90 Å². The summed E-state index contributed by atoms with van der Waals surface area (Å²) in [7, 11) is 1.75. The molecular weight excluding hydrogens is 226 g/mol. The minimum atomic E-state index is 0.0785. The van der Waals surface area contributed by atoms with Crippen LogP contribution in [0.15, 0.2) is 48.5 Å². The molecule has 0 radical (unpaired) electrons. The summed E-state index contributed by atoms with van der Waals surface area (Å²) < 4.78 is 0. The zero-order valence-corrected chi connectivity index (χ0v) is 10.2. The molecule has 0 amide bonds. The minimum Gasteiger partial charge on any atom is -0.508 e. The SMILES string of the molecule is CNCC(=O)c1ccc(-c2ccc(O)cc2)cc1. The van der Waals surface area contributed by atoms with Crippen LogP contribution in [0.2, 0.25) is 0 Å². The summed E-state index contributed by atoms with van der Waals surface area (Å²) in [5, 5.41) is 12.1. The van der Waals surface area contributed by atoms with Crippen molar-refractivity contribution in [1.29, 1.82) is 0 Å². The van der Waals surface area contributed by atoms with Gasteiger partial charge in [-0.2, -0.15) is 0 Å². The van der Waals surface area contributed by atoms with Gasteiger partial charge in [-0.25, -0.2) is 0 Å². The van der Waals surface area contributed by atoms with Crippen LogP contribution in [0.3, 0.4) is 0 Å². The fourth-order valence-electron chi connectivity index (χ4n) is 1.77. The van der Waals surface area contributed by atoms with Crippen LogP contribution in [-0.2, 0) is 0 Å². The van der Waals surface area contributed by atoms with Crippen LogP contribution in [0, 0.1) is 0 Å². The maximum atomic E-state index is 11.6. The number of likely N-dealkylation sites (N-methyl/N-ethyl adjacent to an activating group) is 1. The third-order valence-electron chi connectivity index (χ3n) is 2.74. The molecule has 0 saturated carbocycles. The quantitative estimate of drug-likeness (QED) is 0.808. The molecule has 0 aliphatic carbocycles. The van der Waals surface area contributed by atoms with Gasteiger partial charge in [0.05, 0.1) is 6.54 Å². The second kappa shape index (κ2) is 5.47. The van der Waals surface area contributed by atoms with E-state index in [1.807, 2.05) is 36.4 Å². The number of ketones is 1. The molecule has 0 fully saturated rings. The first-order valence-electron chi connectivity index (χ1n) is 5.78. The van der Waals surface area contributed by atoms with Crippen LogP contribution in [0.5, 0.6) is 5.75 Å². The predicted octanol–water partition coefficient (Wildman–Crippen LogP) is 2.46. The lowest BCUT2D eigenvalue weighted by Crippen LogP contribution is -2.18. The van der Waals surface area contributed by atoms with Crippen molar-refractivity contribution >= 4 is 5.78 Å². The number of carbonyl (C=O) groups is 1. The summed E-state index contributed by atoms with van der Waals surface area (Å²) in [4.78, 5) is 11.6. The molecule has 0 spiro atoms. The van der Waals surface area contributed by atoms with Gasteiger partial charge < -0.3 is 10.4 Å². The van der Waals surface area contributed by atoms with Gasteiger partial charge in [-0.3, -0.25) is 4.79 Å². The van der Waals surface area contributed by atoms with E-state index in [1.54, 1.807) is 19.2 Å². The molecular formula is C15H15NO2. The minimum absolute atomic E-state index is 0.0785. The Kier molecular flexibility index (Phi) is 3.75. The summed E-state index contributed by atoms with van der Waals surface area (Å²) >= 11 is 0. The van der Waals surface area contributed by atoms with Crippen LogP contribution in [0.25, 0.3) is 11.1 Å². The van der Waals surface area contributed by atoms with E-state index in [2.05, 4.69) is 5.32 Å². The number of phenolic OH excluding ortho intramolecular Hbond substituents is 1. The predicted molar refractivity (Wildman–Crippen MR) is 71.8 cm³/mol. The lowest BCUT2D eigenvalue weighted by molar-refractivity contribution is 0.0993. The van der Waals surface area contributed by atoms with Gasteiger partial charge in [0.2, 0.25) is 0 Å². The van der Waals surface area contributed by atoms with Crippen LogP contribution < -0.4 is 5.32 Å². The number of hydrogen-bond acceptors (Lipinski definition) is 3. The molecule has 92 valence electrons. The third-order valence-corrected chi connectivity index (χ3v) is 2.74. The average molecular weight is 241 g/mol. The fourth-order valence-corrected chi connectivity index (χ4v) is 1.77. The highest BCUT2D eigenvalue weighted by Gasteiger charge is 2.04. The zero-order chi connectivity index (χ0) is 13.0. The van der Waals surface area contributed by atoms with Crippen molar-refractivity contribution in [2.75, 3.05) is 13.6 Å². The topological polar surface area (TPSA) is 49.3 Å². The van der Waals surface area contributed by atoms with E-state index in [4.69, 9.17) is 0 Å². The van der Waals surface area contributed by atoms with Gasteiger partial charge in [0.15, 0.2) is 5.78 Å². The average Bonchev–Trinajstić information content (AvgIpc) is 2.40. The molecule has 2 rings (SSSR count). The molecule has 0 aliphatic rings. The van der Waals surface area contributed by atoms with E-state index in [1.165, 1.54) is 0 Å². The van der Waals surface area contributed by atoms with Crippen molar-refractivity contribution in [2.24, 2.45) is 0 Å². The van der Waals surface area contributed by atoms with Crippen molar-refractivity contribution in [2.45, 2.75) is 0 Å². The molecule has 2 aromatic rings. The number of carbonyl (C=O) groups excluding carboxylic acids is 1. The van der Waals surface area contributed by atoms with Crippen molar-refractivity contribution in [1.82, 2.24) is 5.32 Å². The lowest BCUT2D eigenvalue weighted by atomic mass is 10.0. The van der Waals surface area contributed by atoms with E-state index in [9.17, 15) is 9.90 Å². The first-order chi connectivity index (χ1) is 8.70. The molecule has 0 atom stereocenters. The first-order valence-corrected chi connectivity index (χ1v) is 5.78. The number of phenols is 1. The van der Waals surface area contributed by atoms with Gasteiger partial charge in [0, 0.05) is 5.56 Å². The van der Waals surface area contributed by atoms with Crippen LogP contribution in [0.1, 0.15) is 10.4 Å². The number of benzene rings is 2. The number of Topliss-reactive ketones (excluding diaryl/α,β-unsaturated/α-hetero) is 1. The molecule has 2 N–H and O–H groups in total. The Morgan fingerprint density at radius 1 is 1.00 bits per heavy atom. The molecule has 18 heavy (non-hydrogen) atoms. The number of aromatic hydroxyl groups is 1. The first kappa shape index (κ1) is 12.3. The van der Waals surface area contributed by atoms with Gasteiger partial charge in [-0.1, -0.05) is 36.4 Å². The van der Waals surface area contributed by atoms with Gasteiger partial charge in [-0.15, -0.1) is 0 Å². The van der Waals surface area contributed by atoms with Crippen LogP contribution >= 0.6 is 0 Å². The smallest absolute Gasteiger partial charge is 0.176 e. The van der Waals surface area contributed by atoms with E-state index < -0.39 is 0 Å². The second-order valence-electron chi connectivity index (χ2n) is 4.08. The van der Waals surface area contributed by atoms with Gasteiger partial charge in [0.25, 0.3) is 0 Å². The van der Waals surface area contributed by atoms with Gasteiger partial charge in [0.1, 0.15) is 5.75 Å². The standard InChI is InChI=1S/C15H15NO2/c1-16-10-15(18)13-4-2-11(3-5-13)12-6-8-14(17)9-7-12/h2-9,16-17H,10H2,1H3. The highest BCUT2D eigenvalue weighted by molar-refractivity contribution is 5.98. The molecule has 2 aromatic carbocycles. The van der Waals surface area contributed by atoms with Gasteiger partial charge >= 0.3 is 0 Å². The Hall–Kier alpha value is -2.13. The summed E-state index contributed by atoms with van der Waals surface area (Å²) in [6.07, 6.45) is 0. The molecule has 0 saturated heterocycles. The molecule has 3 heteroatoms. The summed E-state index contributed by atoms with van der Waals surface area (Å²) in [6, 6.07) is 14.5. The number of rotatable bonds is 4. The second-order valence-corrected chi connectivity index (χ2v) is 4.08. The number of nitrogens with one attached hydrogen (secondary N) is 1. The van der Waals surface area contributed by atoms with Crippen molar-refractivity contribution in [3.8, 4) is 16.9 Å². The zero-order valence-electron chi connectivity index (χ0n) is 10.2. The van der Waals surface area contributed by atoms with Crippen LogP contribution in [-0.4, -0.2) is 24.5 Å². The largest absolute Gasteiger partial charge is 0.508 e. The molecule has 3 nitrogen and oxygen atoms in total. The lowest BCUT2D eigenvalue weighted by Gasteiger charge is -2.04. The summed E-state index contributed by atoms with van der Waals surface area (Å²) in [5.41, 5.74) is 2.74. The van der Waals surface area contributed by atoms with Crippen molar-refractivity contribution in [3.05, 3.63) is 54.1 Å². The highest BCUT2D eigenvalue weighted by Crippen LogP contribution is 2.22. The van der Waals surface area contributed by atoms with E-state index >= 15 is 0 Å². The molecule has 0 aromatic heterocycles. The highest BCUT2D eigenvalue weighted by atomic mass is 16.3. The Labute approximate surface area is 106 Å². The third kappa shape index (κ3) is 2.76. The summed E-state index contributed by atoms with van der Waals surface area (Å²) in [6.45, 7) is 0.346. The Morgan fingerprint density at radius 2 is 1.50 bits per heavy atom. The van der Waals surface area contributed by atoms with E-state index in [-0.39, 0.29) is 11.5 Å². The van der Waals surface area contributed by atoms with Crippen molar-refractivity contribution in [3.63, 3.8) is 0 Å². The molecule has 0 bridgehead atoms.